The molecule has 0 aliphatic carbocycles. The van der Waals surface area contributed by atoms with E-state index in [2.05, 4.69) is 10.0 Å². The molecule has 13 heteroatoms. The van der Waals surface area contributed by atoms with Gasteiger partial charge in [0.2, 0.25) is 18.3 Å². The number of hydrogen-bond acceptors (Lipinski definition) is 8. The zero-order valence-electron chi connectivity index (χ0n) is 17.2. The second-order valence-corrected chi connectivity index (χ2v) is 9.17. The van der Waals surface area contributed by atoms with Gasteiger partial charge in [0.25, 0.3) is 3.79 Å². The van der Waals surface area contributed by atoms with E-state index in [-0.39, 0.29) is 17.7 Å². The largest absolute Gasteiger partial charge is 0.454 e. The topological polar surface area (TPSA) is 144 Å². The predicted molar refractivity (Wildman–Crippen MR) is 123 cm³/mol. The Bertz CT molecular complexity index is 1080. The van der Waals surface area contributed by atoms with E-state index in [1.807, 2.05) is 0 Å². The minimum Gasteiger partial charge on any atom is -0.454 e. The van der Waals surface area contributed by atoms with Gasteiger partial charge in [-0.1, -0.05) is 76.3 Å². The lowest BCUT2D eigenvalue weighted by molar-refractivity contribution is -0.219. The Hall–Kier alpha value is -3.01. The van der Waals surface area contributed by atoms with E-state index in [0.717, 1.165) is 0 Å². The van der Waals surface area contributed by atoms with Crippen LogP contribution in [0, 0.1) is 5.41 Å². The van der Waals surface area contributed by atoms with Gasteiger partial charge < -0.3 is 18.9 Å². The van der Waals surface area contributed by atoms with Crippen LogP contribution in [0.5, 0.6) is 0 Å². The average molecular weight is 528 g/mol. The number of carbonyl (C=O) groups excluding carboxylic acids is 2. The molecule has 0 amide bonds. The second kappa shape index (κ2) is 11.4. The fraction of sp³-hybridized carbons (Fsp3) is 0.286. The lowest BCUT2D eigenvalue weighted by Crippen LogP contribution is -2.57. The van der Waals surface area contributed by atoms with Crippen molar-refractivity contribution in [2.24, 2.45) is 5.11 Å². The summed E-state index contributed by atoms with van der Waals surface area (Å²) in [7, 11) is 0. The number of rotatable bonds is 6. The number of azide groups is 1. The minimum atomic E-state index is -2.24. The number of carbonyl (C=O) groups is 2. The van der Waals surface area contributed by atoms with Crippen LogP contribution in [0.3, 0.4) is 0 Å². The van der Waals surface area contributed by atoms with Gasteiger partial charge in [0.1, 0.15) is 6.04 Å². The summed E-state index contributed by atoms with van der Waals surface area (Å²) < 4.78 is 19.7. The monoisotopic (exact) mass is 526 g/mol. The van der Waals surface area contributed by atoms with Crippen molar-refractivity contribution in [2.75, 3.05) is 6.61 Å². The molecule has 34 heavy (non-hydrogen) atoms. The Balaban J connectivity index is 1.95. The van der Waals surface area contributed by atoms with Crippen LogP contribution in [0.15, 0.2) is 65.8 Å². The summed E-state index contributed by atoms with van der Waals surface area (Å²) in [4.78, 5) is 28.3. The molecule has 0 radical (unpaired) electrons. The van der Waals surface area contributed by atoms with Crippen LogP contribution >= 0.6 is 34.8 Å². The maximum atomic E-state index is 12.8. The van der Waals surface area contributed by atoms with Crippen LogP contribution in [0.2, 0.25) is 0 Å². The Labute approximate surface area is 208 Å². The fourth-order valence-corrected chi connectivity index (χ4v) is 3.14. The first kappa shape index (κ1) is 25.6. The van der Waals surface area contributed by atoms with Crippen molar-refractivity contribution in [3.8, 4) is 0 Å². The maximum Gasteiger partial charge on any atom is 0.338 e. The molecule has 0 bridgehead atoms. The van der Waals surface area contributed by atoms with Crippen LogP contribution in [0.25, 0.3) is 10.4 Å². The van der Waals surface area contributed by atoms with Crippen LogP contribution < -0.4 is 0 Å². The number of nitrogens with one attached hydrogen (secondary N) is 1. The first-order valence-electron chi connectivity index (χ1n) is 9.71. The predicted octanol–water partition coefficient (Wildman–Crippen LogP) is 4.84. The molecule has 1 N–H and O–H groups in total. The quantitative estimate of drug-likeness (QED) is 0.108. The highest BCUT2D eigenvalue weighted by atomic mass is 35.6. The average Bonchev–Trinajstić information content (AvgIpc) is 2.82. The Morgan fingerprint density at radius 3 is 1.91 bits per heavy atom. The van der Waals surface area contributed by atoms with Crippen molar-refractivity contribution in [2.45, 2.75) is 28.3 Å². The van der Waals surface area contributed by atoms with E-state index in [1.54, 1.807) is 36.4 Å². The molecule has 4 atom stereocenters. The summed E-state index contributed by atoms with van der Waals surface area (Å²) in [5.41, 5.74) is 9.37. The van der Waals surface area contributed by atoms with Crippen molar-refractivity contribution >= 4 is 52.6 Å². The number of esters is 2. The molecule has 178 valence electrons. The van der Waals surface area contributed by atoms with Gasteiger partial charge in [-0.15, -0.1) is 0 Å². The molecule has 2 aromatic rings. The van der Waals surface area contributed by atoms with Gasteiger partial charge in [0.15, 0.2) is 6.10 Å². The van der Waals surface area contributed by atoms with Crippen LogP contribution in [0.4, 0.5) is 0 Å². The van der Waals surface area contributed by atoms with Gasteiger partial charge in [-0.25, -0.2) is 9.59 Å². The number of benzene rings is 2. The number of hydrogen-bond donors (Lipinski definition) is 1. The number of nitrogens with zero attached hydrogens (tertiary/aromatic N) is 3. The van der Waals surface area contributed by atoms with Gasteiger partial charge in [-0.05, 0) is 29.8 Å². The summed E-state index contributed by atoms with van der Waals surface area (Å²) in [6, 6.07) is 14.9. The molecule has 0 aromatic heterocycles. The molecule has 1 unspecified atom stereocenters. The highest BCUT2D eigenvalue weighted by Gasteiger charge is 2.48. The second-order valence-electron chi connectivity index (χ2n) is 6.89. The smallest absolute Gasteiger partial charge is 0.338 e. The van der Waals surface area contributed by atoms with Crippen molar-refractivity contribution < 1.29 is 28.5 Å². The third-order valence-corrected chi connectivity index (χ3v) is 5.11. The Kier molecular flexibility index (Phi) is 8.60. The molecular weight excluding hydrogens is 511 g/mol. The molecule has 10 nitrogen and oxygen atoms in total. The third kappa shape index (κ3) is 6.53. The number of halogens is 3. The summed E-state index contributed by atoms with van der Waals surface area (Å²) >= 11 is 17.1. The van der Waals surface area contributed by atoms with E-state index in [4.69, 9.17) is 64.7 Å². The summed E-state index contributed by atoms with van der Waals surface area (Å²) in [5.74, 6) is -2.41. The molecule has 1 aliphatic rings. The van der Waals surface area contributed by atoms with E-state index in [1.165, 1.54) is 24.3 Å². The summed E-state index contributed by atoms with van der Waals surface area (Å²) in [6.07, 6.45) is -4.36. The van der Waals surface area contributed by atoms with Gasteiger partial charge in [0, 0.05) is 4.91 Å². The van der Waals surface area contributed by atoms with Gasteiger partial charge >= 0.3 is 11.9 Å². The lowest BCUT2D eigenvalue weighted by atomic mass is 10.0. The van der Waals surface area contributed by atoms with E-state index < -0.39 is 46.2 Å². The lowest BCUT2D eigenvalue weighted by Gasteiger charge is -2.39. The number of alkyl halides is 3. The van der Waals surface area contributed by atoms with Crippen molar-refractivity contribution in [1.29, 1.82) is 5.41 Å². The number of ether oxygens (including phenoxy) is 4. The zero-order valence-corrected chi connectivity index (χ0v) is 19.5. The normalized spacial score (nSPS) is 22.1. The highest BCUT2D eigenvalue weighted by molar-refractivity contribution is 6.76. The molecule has 3 rings (SSSR count). The van der Waals surface area contributed by atoms with Crippen LogP contribution in [0.1, 0.15) is 20.7 Å². The minimum absolute atomic E-state index is 0.178. The van der Waals surface area contributed by atoms with Crippen molar-refractivity contribution in [3.63, 3.8) is 0 Å². The Morgan fingerprint density at radius 2 is 1.44 bits per heavy atom. The standard InChI is InChI=1S/C21H17Cl3N4O6/c22-21(23,24)20(25)34-19-16(33-18(30)13-9-5-2-6-10-13)15(14(11-31-19)27-28-26)32-17(29)12-7-3-1-4-8-12/h1-10,14-16,19,25H,11H2/t14-,15+,16-,19?/m0/s1. The van der Waals surface area contributed by atoms with E-state index >= 15 is 0 Å². The molecular formula is C21H17Cl3N4O6. The van der Waals surface area contributed by atoms with Crippen LogP contribution in [-0.2, 0) is 18.9 Å². The van der Waals surface area contributed by atoms with Gasteiger partial charge in [-0.2, -0.15) is 0 Å². The molecule has 1 heterocycles. The van der Waals surface area contributed by atoms with Gasteiger partial charge in [0.05, 0.1) is 17.7 Å². The first-order chi connectivity index (χ1) is 16.2. The van der Waals surface area contributed by atoms with Gasteiger partial charge in [-0.3, -0.25) is 5.41 Å². The van der Waals surface area contributed by atoms with Crippen LogP contribution in [-0.4, -0.2) is 52.8 Å². The fourth-order valence-electron chi connectivity index (χ4n) is 3.01. The summed E-state index contributed by atoms with van der Waals surface area (Å²) in [6.45, 7) is -0.298. The van der Waals surface area contributed by atoms with E-state index in [0.29, 0.717) is 0 Å². The third-order valence-electron chi connectivity index (χ3n) is 4.60. The molecule has 1 saturated heterocycles. The van der Waals surface area contributed by atoms with Crippen molar-refractivity contribution in [3.05, 3.63) is 82.2 Å². The molecule has 0 saturated carbocycles. The van der Waals surface area contributed by atoms with E-state index in [9.17, 15) is 9.59 Å². The van der Waals surface area contributed by atoms with Crippen molar-refractivity contribution in [1.82, 2.24) is 0 Å². The summed E-state index contributed by atoms with van der Waals surface area (Å²) in [5, 5.41) is 11.5. The maximum absolute atomic E-state index is 12.8. The Morgan fingerprint density at radius 1 is 0.941 bits per heavy atom. The highest BCUT2D eigenvalue weighted by Crippen LogP contribution is 2.32. The SMILES string of the molecule is [N-]=[N+]=N[C@H]1COC(OC(=N)C(Cl)(Cl)Cl)[C@@H](OC(=O)c2ccccc2)[C@@H]1OC(=O)c1ccccc1. The first-order valence-corrected chi connectivity index (χ1v) is 10.8. The molecule has 1 fully saturated rings. The molecule has 2 aromatic carbocycles. The molecule has 1 aliphatic heterocycles. The zero-order chi connectivity index (χ0) is 24.7. The molecule has 0 spiro atoms.